The number of anilines is 3. The van der Waals surface area contributed by atoms with E-state index in [1.807, 2.05) is 38.1 Å². The average Bonchev–Trinajstić information content (AvgIpc) is 2.63. The molecule has 0 atom stereocenters. The van der Waals surface area contributed by atoms with Crippen molar-refractivity contribution in [2.45, 2.75) is 13.8 Å². The second-order valence-corrected chi connectivity index (χ2v) is 6.42. The maximum atomic E-state index is 10.9. The molecule has 0 fully saturated rings. The molecule has 0 unspecified atom stereocenters. The summed E-state index contributed by atoms with van der Waals surface area (Å²) in [5.41, 5.74) is 4.33. The van der Waals surface area contributed by atoms with Gasteiger partial charge in [-0.3, -0.25) is 9.78 Å². The molecule has 3 N–H and O–H groups in total. The van der Waals surface area contributed by atoms with Crippen LogP contribution in [0.1, 0.15) is 11.1 Å². The van der Waals surface area contributed by atoms with Gasteiger partial charge in [-0.25, -0.2) is 4.98 Å². The average molecular weight is 384 g/mol. The minimum absolute atomic E-state index is 0.221. The first-order chi connectivity index (χ1) is 12.9. The Morgan fingerprint density at radius 2 is 1.78 bits per heavy atom. The van der Waals surface area contributed by atoms with Crippen LogP contribution in [0.3, 0.4) is 0 Å². The summed E-state index contributed by atoms with van der Waals surface area (Å²) in [6.45, 7) is 3.63. The fourth-order valence-electron chi connectivity index (χ4n) is 2.65. The predicted octanol–water partition coefficient (Wildman–Crippen LogP) is 4.05. The van der Waals surface area contributed by atoms with Gasteiger partial charge in [-0.05, 0) is 49.2 Å². The minimum Gasteiger partial charge on any atom is -0.480 e. The summed E-state index contributed by atoms with van der Waals surface area (Å²) in [7, 11) is 0. The number of carbonyl (C=O) groups is 1. The number of hydrogen-bond acceptors (Lipinski definition) is 6. The summed E-state index contributed by atoms with van der Waals surface area (Å²) < 4.78 is 0. The van der Waals surface area contributed by atoms with Gasteiger partial charge in [-0.15, -0.1) is 0 Å². The lowest BCUT2D eigenvalue weighted by atomic mass is 10.1. The standard InChI is InChI=1S/C19H18ClN5O2/c1-11-7-14(20)8-12(2)18(11)24-16-9-15(13-3-5-21-6-4-13)23-19(25-16)22-10-17(26)27/h3-9H,10H2,1-2H3,(H,26,27)(H2,22,23,24,25). The smallest absolute Gasteiger partial charge is 0.322 e. The van der Waals surface area contributed by atoms with Crippen LogP contribution in [-0.4, -0.2) is 32.6 Å². The van der Waals surface area contributed by atoms with E-state index in [1.165, 1.54) is 0 Å². The van der Waals surface area contributed by atoms with Gasteiger partial charge in [0.2, 0.25) is 5.95 Å². The van der Waals surface area contributed by atoms with Gasteiger partial charge in [-0.2, -0.15) is 4.98 Å². The zero-order valence-corrected chi connectivity index (χ0v) is 15.6. The molecule has 0 bridgehead atoms. The summed E-state index contributed by atoms with van der Waals surface area (Å²) >= 11 is 6.10. The van der Waals surface area contributed by atoms with Crippen LogP contribution in [0, 0.1) is 13.8 Å². The Hall–Kier alpha value is -3.19. The number of aliphatic carboxylic acids is 1. The number of benzene rings is 1. The third-order valence-corrected chi connectivity index (χ3v) is 4.07. The highest BCUT2D eigenvalue weighted by atomic mass is 35.5. The van der Waals surface area contributed by atoms with Crippen LogP contribution in [-0.2, 0) is 4.79 Å². The minimum atomic E-state index is -0.994. The van der Waals surface area contributed by atoms with Gasteiger partial charge in [0.1, 0.15) is 12.4 Å². The molecule has 3 aromatic rings. The summed E-state index contributed by atoms with van der Waals surface area (Å²) in [6.07, 6.45) is 3.34. The van der Waals surface area contributed by atoms with E-state index in [-0.39, 0.29) is 12.5 Å². The Labute approximate surface area is 161 Å². The maximum absolute atomic E-state index is 10.9. The molecule has 0 spiro atoms. The largest absolute Gasteiger partial charge is 0.480 e. The zero-order chi connectivity index (χ0) is 19.4. The third-order valence-electron chi connectivity index (χ3n) is 3.85. The summed E-state index contributed by atoms with van der Waals surface area (Å²) in [4.78, 5) is 23.7. The molecular weight excluding hydrogens is 366 g/mol. The van der Waals surface area contributed by atoms with Crippen molar-refractivity contribution in [2.24, 2.45) is 0 Å². The lowest BCUT2D eigenvalue weighted by molar-refractivity contribution is -0.134. The van der Waals surface area contributed by atoms with Crippen molar-refractivity contribution in [3.63, 3.8) is 0 Å². The fourth-order valence-corrected chi connectivity index (χ4v) is 2.98. The monoisotopic (exact) mass is 383 g/mol. The normalized spacial score (nSPS) is 10.5. The number of carboxylic acid groups (broad SMARTS) is 1. The van der Waals surface area contributed by atoms with Gasteiger partial charge in [0, 0.05) is 34.7 Å². The molecule has 3 rings (SSSR count). The topological polar surface area (TPSA) is 100 Å². The number of nitrogens with zero attached hydrogens (tertiary/aromatic N) is 3. The third kappa shape index (κ3) is 4.71. The van der Waals surface area contributed by atoms with Crippen LogP contribution >= 0.6 is 11.6 Å². The van der Waals surface area contributed by atoms with Crippen LogP contribution in [0.4, 0.5) is 17.5 Å². The molecule has 138 valence electrons. The first kappa shape index (κ1) is 18.6. The van der Waals surface area contributed by atoms with Gasteiger partial charge in [0.15, 0.2) is 0 Å². The van der Waals surface area contributed by atoms with Crippen LogP contribution in [0.15, 0.2) is 42.7 Å². The quantitative estimate of drug-likeness (QED) is 0.590. The Morgan fingerprint density at radius 3 is 2.41 bits per heavy atom. The fraction of sp³-hybridized carbons (Fsp3) is 0.158. The molecule has 0 aliphatic carbocycles. The first-order valence-corrected chi connectivity index (χ1v) is 8.59. The number of hydrogen-bond donors (Lipinski definition) is 3. The van der Waals surface area contributed by atoms with Crippen molar-refractivity contribution in [1.29, 1.82) is 0 Å². The highest BCUT2D eigenvalue weighted by Gasteiger charge is 2.11. The highest BCUT2D eigenvalue weighted by molar-refractivity contribution is 6.30. The Morgan fingerprint density at radius 1 is 1.11 bits per heavy atom. The Bertz CT molecular complexity index is 956. The van der Waals surface area contributed by atoms with Crippen molar-refractivity contribution in [3.8, 4) is 11.3 Å². The van der Waals surface area contributed by atoms with Crippen LogP contribution < -0.4 is 10.6 Å². The number of halogens is 1. The molecule has 0 aliphatic heterocycles. The Kier molecular flexibility index (Phi) is 5.52. The number of rotatable bonds is 6. The van der Waals surface area contributed by atoms with E-state index in [4.69, 9.17) is 16.7 Å². The van der Waals surface area contributed by atoms with Crippen LogP contribution in [0.2, 0.25) is 5.02 Å². The molecule has 0 aliphatic rings. The Balaban J connectivity index is 2.01. The van der Waals surface area contributed by atoms with Gasteiger partial charge < -0.3 is 15.7 Å². The molecule has 0 saturated heterocycles. The second kappa shape index (κ2) is 8.01. The van der Waals surface area contributed by atoms with Crippen molar-refractivity contribution in [3.05, 3.63) is 58.9 Å². The molecule has 1 aromatic carbocycles. The van der Waals surface area contributed by atoms with Gasteiger partial charge >= 0.3 is 5.97 Å². The number of pyridine rings is 1. The lowest BCUT2D eigenvalue weighted by Crippen LogP contribution is -2.15. The summed E-state index contributed by atoms with van der Waals surface area (Å²) in [6, 6.07) is 9.18. The zero-order valence-electron chi connectivity index (χ0n) is 14.8. The van der Waals surface area contributed by atoms with E-state index < -0.39 is 5.97 Å². The lowest BCUT2D eigenvalue weighted by Gasteiger charge is -2.15. The van der Waals surface area contributed by atoms with E-state index in [2.05, 4.69) is 25.6 Å². The van der Waals surface area contributed by atoms with Crippen molar-refractivity contribution in [1.82, 2.24) is 15.0 Å². The molecule has 0 amide bonds. The van der Waals surface area contributed by atoms with E-state index in [1.54, 1.807) is 18.5 Å². The van der Waals surface area contributed by atoms with Crippen molar-refractivity contribution >= 4 is 35.0 Å². The van der Waals surface area contributed by atoms with E-state index in [0.717, 1.165) is 22.4 Å². The number of aryl methyl sites for hydroxylation is 2. The molecule has 2 aromatic heterocycles. The van der Waals surface area contributed by atoms with Crippen LogP contribution in [0.25, 0.3) is 11.3 Å². The number of carboxylic acids is 1. The SMILES string of the molecule is Cc1cc(Cl)cc(C)c1Nc1cc(-c2ccncc2)nc(NCC(=O)O)n1. The molecular formula is C19H18ClN5O2. The maximum Gasteiger partial charge on any atom is 0.322 e. The molecule has 27 heavy (non-hydrogen) atoms. The van der Waals surface area contributed by atoms with Crippen LogP contribution in [0.5, 0.6) is 0 Å². The molecule has 8 heteroatoms. The highest BCUT2D eigenvalue weighted by Crippen LogP contribution is 2.29. The number of aromatic nitrogens is 3. The first-order valence-electron chi connectivity index (χ1n) is 8.21. The number of nitrogens with one attached hydrogen (secondary N) is 2. The van der Waals surface area contributed by atoms with Crippen molar-refractivity contribution in [2.75, 3.05) is 17.2 Å². The second-order valence-electron chi connectivity index (χ2n) is 5.98. The molecule has 0 radical (unpaired) electrons. The van der Waals surface area contributed by atoms with Gasteiger partial charge in [0.05, 0.1) is 5.69 Å². The van der Waals surface area contributed by atoms with E-state index in [9.17, 15) is 4.79 Å². The molecule has 0 saturated carbocycles. The van der Waals surface area contributed by atoms with Crippen molar-refractivity contribution < 1.29 is 9.90 Å². The summed E-state index contributed by atoms with van der Waals surface area (Å²) in [5.74, 6) is -0.233. The van der Waals surface area contributed by atoms with Gasteiger partial charge in [0.25, 0.3) is 0 Å². The predicted molar refractivity (Wildman–Crippen MR) is 106 cm³/mol. The van der Waals surface area contributed by atoms with E-state index >= 15 is 0 Å². The van der Waals surface area contributed by atoms with E-state index in [0.29, 0.717) is 16.5 Å². The summed E-state index contributed by atoms with van der Waals surface area (Å²) in [5, 5.41) is 15.6. The van der Waals surface area contributed by atoms with Gasteiger partial charge in [-0.1, -0.05) is 11.6 Å². The molecule has 2 heterocycles. The molecule has 7 nitrogen and oxygen atoms in total.